The molecule has 0 aliphatic carbocycles. The lowest BCUT2D eigenvalue weighted by Gasteiger charge is -2.31. The minimum absolute atomic E-state index is 0.257. The monoisotopic (exact) mass is 348 g/mol. The third-order valence-corrected chi connectivity index (χ3v) is 7.01. The van der Waals surface area contributed by atoms with E-state index in [1.54, 1.807) is 21.6 Å². The Morgan fingerprint density at radius 1 is 0.667 bits per heavy atom. The van der Waals surface area contributed by atoms with Gasteiger partial charge in [0.1, 0.15) is 0 Å². The molecule has 0 saturated carbocycles. The smallest absolute Gasteiger partial charge is 0.340 e. The highest BCUT2D eigenvalue weighted by molar-refractivity contribution is 8.76. The van der Waals surface area contributed by atoms with Crippen LogP contribution >= 0.6 is 21.6 Å². The number of ether oxygens (including phenoxy) is 1. The van der Waals surface area contributed by atoms with Crippen LogP contribution in [0.3, 0.4) is 0 Å². The summed E-state index contributed by atoms with van der Waals surface area (Å²) in [5.41, 5.74) is 2.78. The summed E-state index contributed by atoms with van der Waals surface area (Å²) < 4.78 is 6.13. The molecule has 0 saturated heterocycles. The van der Waals surface area contributed by atoms with Crippen LogP contribution in [0.4, 0.5) is 0 Å². The van der Waals surface area contributed by atoms with Gasteiger partial charge in [0.25, 0.3) is 0 Å². The molecule has 2 heterocycles. The van der Waals surface area contributed by atoms with Crippen LogP contribution in [0.25, 0.3) is 0 Å². The van der Waals surface area contributed by atoms with Gasteiger partial charge in [-0.2, -0.15) is 0 Å². The molecule has 0 fully saturated rings. The van der Waals surface area contributed by atoms with Gasteiger partial charge >= 0.3 is 5.97 Å². The summed E-state index contributed by atoms with van der Waals surface area (Å²) in [5, 5.41) is 0. The predicted octanol–water partition coefficient (Wildman–Crippen LogP) is 5.26. The molecule has 0 atom stereocenters. The van der Waals surface area contributed by atoms with E-state index in [1.165, 1.54) is 0 Å². The minimum atomic E-state index is -0.864. The third-order valence-electron chi connectivity index (χ3n) is 4.53. The molecule has 3 aromatic rings. The van der Waals surface area contributed by atoms with Crippen LogP contribution in [0.5, 0.6) is 0 Å². The van der Waals surface area contributed by atoms with Crippen molar-refractivity contribution in [3.05, 3.63) is 95.1 Å². The summed E-state index contributed by atoms with van der Waals surface area (Å²) in [7, 11) is 3.43. The van der Waals surface area contributed by atoms with Crippen molar-refractivity contribution in [2.24, 2.45) is 0 Å². The van der Waals surface area contributed by atoms with Crippen LogP contribution in [0.15, 0.2) is 82.6 Å². The maximum Gasteiger partial charge on any atom is 0.340 e. The fraction of sp³-hybridized carbons (Fsp3) is 0.0500. The Hall–Kier alpha value is -2.17. The molecule has 0 amide bonds. The van der Waals surface area contributed by atoms with E-state index in [9.17, 15) is 4.79 Å². The fourth-order valence-corrected chi connectivity index (χ4v) is 5.97. The Morgan fingerprint density at radius 3 is 1.79 bits per heavy atom. The number of carbonyl (C=O) groups is 1. The standard InChI is InChI=1S/C20H12O2S2/c21-19-13-7-1-2-8-14(13)20(22-19)15-9-3-5-11-17(15)23-24-18-12-6-4-10-16(18)20/h1-12H. The average Bonchev–Trinajstić information content (AvgIpc) is 2.86. The van der Waals surface area contributed by atoms with Gasteiger partial charge in [-0.3, -0.25) is 0 Å². The van der Waals surface area contributed by atoms with Crippen LogP contribution in [0.2, 0.25) is 0 Å². The number of esters is 1. The second-order valence-corrected chi connectivity index (χ2v) is 7.99. The maximum absolute atomic E-state index is 12.6. The van der Waals surface area contributed by atoms with Crippen LogP contribution in [0.1, 0.15) is 27.0 Å². The summed E-state index contributed by atoms with van der Waals surface area (Å²) in [6.45, 7) is 0. The Bertz CT molecular complexity index is 933. The molecule has 2 nitrogen and oxygen atoms in total. The van der Waals surface area contributed by atoms with Crippen molar-refractivity contribution < 1.29 is 9.53 Å². The van der Waals surface area contributed by atoms with Gasteiger partial charge in [-0.05, 0) is 18.2 Å². The first-order valence-corrected chi connectivity index (χ1v) is 9.82. The lowest BCUT2D eigenvalue weighted by atomic mass is 9.80. The maximum atomic E-state index is 12.6. The zero-order valence-electron chi connectivity index (χ0n) is 12.6. The van der Waals surface area contributed by atoms with Crippen LogP contribution in [-0.4, -0.2) is 5.97 Å². The summed E-state index contributed by atoms with van der Waals surface area (Å²) in [6.07, 6.45) is 0. The molecular weight excluding hydrogens is 336 g/mol. The SMILES string of the molecule is O=C1OC2(c3ccccc3SSc3ccccc32)c2ccccc21. The van der Waals surface area contributed by atoms with E-state index in [0.29, 0.717) is 5.56 Å². The molecular formula is C20H12O2S2. The number of hydrogen-bond donors (Lipinski definition) is 0. The molecule has 116 valence electrons. The first kappa shape index (κ1) is 14.2. The Labute approximate surface area is 147 Å². The molecule has 2 aliphatic heterocycles. The molecule has 4 heteroatoms. The van der Waals surface area contributed by atoms with Gasteiger partial charge in [-0.25, -0.2) is 4.79 Å². The summed E-state index contributed by atoms with van der Waals surface area (Å²) in [5.74, 6) is -0.257. The lowest BCUT2D eigenvalue weighted by Crippen LogP contribution is -2.30. The minimum Gasteiger partial charge on any atom is -0.440 e. The summed E-state index contributed by atoms with van der Waals surface area (Å²) >= 11 is 0. The van der Waals surface area contributed by atoms with Crippen molar-refractivity contribution in [3.63, 3.8) is 0 Å². The first-order valence-electron chi connectivity index (χ1n) is 7.67. The zero-order chi connectivity index (χ0) is 16.1. The molecule has 0 N–H and O–H groups in total. The highest BCUT2D eigenvalue weighted by Gasteiger charge is 2.51. The van der Waals surface area contributed by atoms with Crippen LogP contribution < -0.4 is 0 Å². The lowest BCUT2D eigenvalue weighted by molar-refractivity contribution is 0.0237. The second-order valence-electron chi connectivity index (χ2n) is 5.78. The third kappa shape index (κ3) is 1.78. The van der Waals surface area contributed by atoms with Gasteiger partial charge in [0.15, 0.2) is 5.60 Å². The van der Waals surface area contributed by atoms with Gasteiger partial charge in [-0.15, -0.1) is 0 Å². The summed E-state index contributed by atoms with van der Waals surface area (Å²) in [6, 6.07) is 24.1. The molecule has 2 aliphatic rings. The van der Waals surface area contributed by atoms with E-state index in [4.69, 9.17) is 4.74 Å². The highest BCUT2D eigenvalue weighted by Crippen LogP contribution is 2.57. The van der Waals surface area contributed by atoms with E-state index in [0.717, 1.165) is 26.5 Å². The first-order chi connectivity index (χ1) is 11.8. The molecule has 0 unspecified atom stereocenters. The predicted molar refractivity (Wildman–Crippen MR) is 96.3 cm³/mol. The van der Waals surface area contributed by atoms with Crippen molar-refractivity contribution in [1.82, 2.24) is 0 Å². The molecule has 0 aromatic heterocycles. The van der Waals surface area contributed by atoms with Crippen molar-refractivity contribution >= 4 is 27.6 Å². The number of benzene rings is 3. The zero-order valence-corrected chi connectivity index (χ0v) is 14.2. The number of carbonyl (C=O) groups excluding carboxylic acids is 1. The van der Waals surface area contributed by atoms with Crippen molar-refractivity contribution in [2.45, 2.75) is 15.4 Å². The van der Waals surface area contributed by atoms with Gasteiger partial charge in [-0.1, -0.05) is 76.2 Å². The van der Waals surface area contributed by atoms with E-state index in [-0.39, 0.29) is 5.97 Å². The summed E-state index contributed by atoms with van der Waals surface area (Å²) in [4.78, 5) is 14.9. The van der Waals surface area contributed by atoms with E-state index in [2.05, 4.69) is 24.3 Å². The normalized spacial score (nSPS) is 16.8. The van der Waals surface area contributed by atoms with Gasteiger partial charge < -0.3 is 4.74 Å². The Balaban J connectivity index is 1.94. The molecule has 0 bridgehead atoms. The van der Waals surface area contributed by atoms with E-state index < -0.39 is 5.60 Å². The number of hydrogen-bond acceptors (Lipinski definition) is 4. The van der Waals surface area contributed by atoms with Crippen molar-refractivity contribution in [3.8, 4) is 0 Å². The topological polar surface area (TPSA) is 26.3 Å². The van der Waals surface area contributed by atoms with E-state index in [1.807, 2.05) is 48.5 Å². The van der Waals surface area contributed by atoms with Gasteiger partial charge in [0.05, 0.1) is 5.56 Å². The van der Waals surface area contributed by atoms with Gasteiger partial charge in [0.2, 0.25) is 0 Å². The molecule has 3 aromatic carbocycles. The average molecular weight is 348 g/mol. The van der Waals surface area contributed by atoms with Gasteiger partial charge in [0, 0.05) is 26.5 Å². The molecule has 5 rings (SSSR count). The largest absolute Gasteiger partial charge is 0.440 e. The van der Waals surface area contributed by atoms with Crippen LogP contribution in [-0.2, 0) is 10.3 Å². The molecule has 24 heavy (non-hydrogen) atoms. The fourth-order valence-electron chi connectivity index (χ4n) is 3.51. The number of fused-ring (bicyclic) bond motifs is 6. The van der Waals surface area contributed by atoms with E-state index >= 15 is 0 Å². The van der Waals surface area contributed by atoms with Crippen molar-refractivity contribution in [2.75, 3.05) is 0 Å². The quantitative estimate of drug-likeness (QED) is 0.409. The molecule has 0 radical (unpaired) electrons. The van der Waals surface area contributed by atoms with Crippen molar-refractivity contribution in [1.29, 1.82) is 0 Å². The highest BCUT2D eigenvalue weighted by atomic mass is 33.1. The second kappa shape index (κ2) is 5.16. The Kier molecular flexibility index (Phi) is 3.05. The number of rotatable bonds is 0. The van der Waals surface area contributed by atoms with Crippen LogP contribution in [0, 0.1) is 0 Å². The molecule has 1 spiro atoms. The Morgan fingerprint density at radius 2 is 1.17 bits per heavy atom.